The van der Waals surface area contributed by atoms with E-state index in [4.69, 9.17) is 4.42 Å². The zero-order chi connectivity index (χ0) is 12.1. The molecule has 0 bridgehead atoms. The highest BCUT2D eigenvalue weighted by Crippen LogP contribution is 2.12. The number of aryl methyl sites for hydroxylation is 1. The SMILES string of the molecule is CNC1CCCN(C(=O)CCc2ccco2)C1. The zero-order valence-electron chi connectivity index (χ0n) is 10.3. The van der Waals surface area contributed by atoms with Crippen LogP contribution >= 0.6 is 0 Å². The maximum absolute atomic E-state index is 12.0. The Balaban J connectivity index is 1.79. The van der Waals surface area contributed by atoms with Crippen LogP contribution in [0.3, 0.4) is 0 Å². The van der Waals surface area contributed by atoms with Crippen LogP contribution < -0.4 is 5.32 Å². The van der Waals surface area contributed by atoms with E-state index in [1.54, 1.807) is 6.26 Å². The fourth-order valence-electron chi connectivity index (χ4n) is 2.28. The first kappa shape index (κ1) is 12.2. The van der Waals surface area contributed by atoms with Crippen molar-refractivity contribution in [2.75, 3.05) is 20.1 Å². The lowest BCUT2D eigenvalue weighted by atomic mass is 10.1. The summed E-state index contributed by atoms with van der Waals surface area (Å²) in [5.74, 6) is 1.13. The summed E-state index contributed by atoms with van der Waals surface area (Å²) in [6.45, 7) is 1.74. The standard InChI is InChI=1S/C13H20N2O2/c1-14-11-4-2-8-15(10-11)13(16)7-6-12-5-3-9-17-12/h3,5,9,11,14H,2,4,6-8,10H2,1H3. The maximum Gasteiger partial charge on any atom is 0.223 e. The molecule has 17 heavy (non-hydrogen) atoms. The van der Waals surface area contributed by atoms with Gasteiger partial charge in [-0.1, -0.05) is 0 Å². The zero-order valence-corrected chi connectivity index (χ0v) is 10.3. The number of nitrogens with one attached hydrogen (secondary N) is 1. The van der Waals surface area contributed by atoms with Gasteiger partial charge in [-0.3, -0.25) is 4.79 Å². The number of likely N-dealkylation sites (N-methyl/N-ethyl adjacent to an activating group) is 1. The van der Waals surface area contributed by atoms with Gasteiger partial charge in [0.15, 0.2) is 0 Å². The molecule has 1 N–H and O–H groups in total. The van der Waals surface area contributed by atoms with Gasteiger partial charge in [0, 0.05) is 32.0 Å². The van der Waals surface area contributed by atoms with Crippen LogP contribution in [-0.2, 0) is 11.2 Å². The Kier molecular flexibility index (Phi) is 4.20. The van der Waals surface area contributed by atoms with Gasteiger partial charge in [-0.15, -0.1) is 0 Å². The van der Waals surface area contributed by atoms with Crippen molar-refractivity contribution in [2.45, 2.75) is 31.7 Å². The quantitative estimate of drug-likeness (QED) is 0.860. The van der Waals surface area contributed by atoms with E-state index in [1.807, 2.05) is 24.1 Å². The summed E-state index contributed by atoms with van der Waals surface area (Å²) in [4.78, 5) is 14.0. The third-order valence-electron chi connectivity index (χ3n) is 3.35. The second-order valence-corrected chi connectivity index (χ2v) is 4.55. The van der Waals surface area contributed by atoms with E-state index >= 15 is 0 Å². The van der Waals surface area contributed by atoms with Crippen LogP contribution in [0.2, 0.25) is 0 Å². The second-order valence-electron chi connectivity index (χ2n) is 4.55. The lowest BCUT2D eigenvalue weighted by Gasteiger charge is -2.32. The van der Waals surface area contributed by atoms with Gasteiger partial charge in [-0.05, 0) is 32.0 Å². The minimum atomic E-state index is 0.237. The maximum atomic E-state index is 12.0. The molecule has 2 heterocycles. The van der Waals surface area contributed by atoms with Crippen molar-refractivity contribution in [1.29, 1.82) is 0 Å². The normalized spacial score (nSPS) is 20.5. The smallest absolute Gasteiger partial charge is 0.223 e. The molecule has 4 heteroatoms. The minimum absolute atomic E-state index is 0.237. The molecule has 0 saturated carbocycles. The molecule has 1 aromatic heterocycles. The van der Waals surface area contributed by atoms with Gasteiger partial charge in [-0.25, -0.2) is 0 Å². The number of furan rings is 1. The largest absolute Gasteiger partial charge is 0.469 e. The van der Waals surface area contributed by atoms with Crippen LogP contribution in [0, 0.1) is 0 Å². The topological polar surface area (TPSA) is 45.5 Å². The minimum Gasteiger partial charge on any atom is -0.469 e. The van der Waals surface area contributed by atoms with Crippen LogP contribution in [0.4, 0.5) is 0 Å². The summed E-state index contributed by atoms with van der Waals surface area (Å²) < 4.78 is 5.23. The number of hydrogen-bond donors (Lipinski definition) is 1. The molecule has 2 rings (SSSR count). The molecule has 1 saturated heterocycles. The van der Waals surface area contributed by atoms with E-state index in [1.165, 1.54) is 6.42 Å². The van der Waals surface area contributed by atoms with Crippen molar-refractivity contribution in [3.63, 3.8) is 0 Å². The van der Waals surface area contributed by atoms with Crippen molar-refractivity contribution in [3.05, 3.63) is 24.2 Å². The summed E-state index contributed by atoms with van der Waals surface area (Å²) in [5, 5.41) is 3.25. The first-order chi connectivity index (χ1) is 8.29. The second kappa shape index (κ2) is 5.87. The molecule has 0 aromatic carbocycles. The van der Waals surface area contributed by atoms with Crippen molar-refractivity contribution >= 4 is 5.91 Å². The molecule has 1 amide bonds. The molecule has 1 aliphatic rings. The van der Waals surface area contributed by atoms with Crippen LogP contribution in [-0.4, -0.2) is 37.0 Å². The third-order valence-corrected chi connectivity index (χ3v) is 3.35. The van der Waals surface area contributed by atoms with E-state index in [-0.39, 0.29) is 5.91 Å². The van der Waals surface area contributed by atoms with Crippen LogP contribution in [0.1, 0.15) is 25.0 Å². The molecule has 1 unspecified atom stereocenters. The lowest BCUT2D eigenvalue weighted by Crippen LogP contribution is -2.47. The van der Waals surface area contributed by atoms with Crippen molar-refractivity contribution < 1.29 is 9.21 Å². The molecular formula is C13H20N2O2. The first-order valence-electron chi connectivity index (χ1n) is 6.27. The number of amides is 1. The summed E-state index contributed by atoms with van der Waals surface area (Å²) in [7, 11) is 1.96. The molecule has 1 atom stereocenters. The third kappa shape index (κ3) is 3.33. The van der Waals surface area contributed by atoms with Crippen LogP contribution in [0.15, 0.2) is 22.8 Å². The van der Waals surface area contributed by atoms with E-state index in [0.29, 0.717) is 18.9 Å². The van der Waals surface area contributed by atoms with Crippen molar-refractivity contribution in [2.24, 2.45) is 0 Å². The predicted octanol–water partition coefficient (Wildman–Crippen LogP) is 1.42. The molecule has 1 aromatic rings. The monoisotopic (exact) mass is 236 g/mol. The number of piperidine rings is 1. The van der Waals surface area contributed by atoms with E-state index in [0.717, 1.165) is 25.3 Å². The van der Waals surface area contributed by atoms with Crippen LogP contribution in [0.25, 0.3) is 0 Å². The molecule has 94 valence electrons. The molecule has 0 radical (unpaired) electrons. The Bertz CT molecular complexity index is 348. The van der Waals surface area contributed by atoms with Gasteiger partial charge in [0.2, 0.25) is 5.91 Å². The number of nitrogens with zero attached hydrogens (tertiary/aromatic N) is 1. The highest BCUT2D eigenvalue weighted by Gasteiger charge is 2.22. The summed E-state index contributed by atoms with van der Waals surface area (Å²) in [6, 6.07) is 4.23. The van der Waals surface area contributed by atoms with Crippen molar-refractivity contribution in [3.8, 4) is 0 Å². The molecule has 4 nitrogen and oxygen atoms in total. The van der Waals surface area contributed by atoms with E-state index < -0.39 is 0 Å². The molecular weight excluding hydrogens is 216 g/mol. The Morgan fingerprint density at radius 3 is 3.24 bits per heavy atom. The Morgan fingerprint density at radius 1 is 1.65 bits per heavy atom. The number of carbonyl (C=O) groups is 1. The fraction of sp³-hybridized carbons (Fsp3) is 0.615. The Hall–Kier alpha value is -1.29. The van der Waals surface area contributed by atoms with Gasteiger partial charge in [0.25, 0.3) is 0 Å². The van der Waals surface area contributed by atoms with Gasteiger partial charge in [0.1, 0.15) is 5.76 Å². The molecule has 0 spiro atoms. The predicted molar refractivity (Wildman–Crippen MR) is 65.7 cm³/mol. The molecule has 0 aliphatic carbocycles. The lowest BCUT2D eigenvalue weighted by molar-refractivity contribution is -0.132. The van der Waals surface area contributed by atoms with Gasteiger partial charge in [-0.2, -0.15) is 0 Å². The average molecular weight is 236 g/mol. The number of carbonyl (C=O) groups excluding carboxylic acids is 1. The average Bonchev–Trinajstić information content (AvgIpc) is 2.89. The summed E-state index contributed by atoms with van der Waals surface area (Å²) in [6.07, 6.45) is 5.16. The van der Waals surface area contributed by atoms with Gasteiger partial charge >= 0.3 is 0 Å². The molecule has 1 fully saturated rings. The Morgan fingerprint density at radius 2 is 2.53 bits per heavy atom. The van der Waals surface area contributed by atoms with Crippen molar-refractivity contribution in [1.82, 2.24) is 10.2 Å². The summed E-state index contributed by atoms with van der Waals surface area (Å²) >= 11 is 0. The van der Waals surface area contributed by atoms with E-state index in [2.05, 4.69) is 5.32 Å². The van der Waals surface area contributed by atoms with E-state index in [9.17, 15) is 4.79 Å². The number of likely N-dealkylation sites (tertiary alicyclic amines) is 1. The van der Waals surface area contributed by atoms with Crippen LogP contribution in [0.5, 0.6) is 0 Å². The number of rotatable bonds is 4. The molecule has 1 aliphatic heterocycles. The number of hydrogen-bond acceptors (Lipinski definition) is 3. The Labute approximate surface area is 102 Å². The fourth-order valence-corrected chi connectivity index (χ4v) is 2.28. The first-order valence-corrected chi connectivity index (χ1v) is 6.27. The highest BCUT2D eigenvalue weighted by atomic mass is 16.3. The van der Waals surface area contributed by atoms with Gasteiger partial charge in [0.05, 0.1) is 6.26 Å². The summed E-state index contributed by atoms with van der Waals surface area (Å²) in [5.41, 5.74) is 0. The highest BCUT2D eigenvalue weighted by molar-refractivity contribution is 5.76. The van der Waals surface area contributed by atoms with Gasteiger partial charge < -0.3 is 14.6 Å².